The lowest BCUT2D eigenvalue weighted by atomic mass is 10.0. The van der Waals surface area contributed by atoms with E-state index in [9.17, 15) is 26.7 Å². The number of benzene rings is 2. The number of hydrogen-bond acceptors (Lipinski definition) is 8. The first-order chi connectivity index (χ1) is 22.9. The highest BCUT2D eigenvalue weighted by molar-refractivity contribution is 7.20. The Morgan fingerprint density at radius 3 is 2.52 bits per heavy atom. The number of ether oxygens (including phenoxy) is 2. The molecule has 0 radical (unpaired) electrons. The molecule has 0 unspecified atom stereocenters. The minimum absolute atomic E-state index is 0.0330. The van der Waals surface area contributed by atoms with Crippen LogP contribution < -0.4 is 20.3 Å². The molecule has 1 amide bonds. The number of hydrogen-bond donors (Lipinski definition) is 2. The van der Waals surface area contributed by atoms with E-state index >= 15 is 4.39 Å². The van der Waals surface area contributed by atoms with E-state index in [2.05, 4.69) is 27.2 Å². The lowest BCUT2D eigenvalue weighted by Gasteiger charge is -2.33. The normalized spacial score (nSPS) is 16.0. The van der Waals surface area contributed by atoms with Crippen LogP contribution in [0, 0.1) is 17.7 Å². The van der Waals surface area contributed by atoms with E-state index in [-0.39, 0.29) is 46.1 Å². The molecule has 2 fully saturated rings. The molecule has 1 aromatic heterocycles. The summed E-state index contributed by atoms with van der Waals surface area (Å²) in [5.74, 6) is 4.72. The summed E-state index contributed by atoms with van der Waals surface area (Å²) in [6, 6.07) is 7.42. The largest absolute Gasteiger partial charge is 0.433 e. The second kappa shape index (κ2) is 15.6. The molecule has 0 bridgehead atoms. The number of carbonyl (C=O) groups is 1. The van der Waals surface area contributed by atoms with Gasteiger partial charge in [-0.1, -0.05) is 24.0 Å². The number of nitrogens with one attached hydrogen (secondary N) is 2. The van der Waals surface area contributed by atoms with E-state index in [0.29, 0.717) is 74.6 Å². The first-order valence-corrected chi connectivity index (χ1v) is 16.3. The van der Waals surface area contributed by atoms with Crippen LogP contribution in [0.5, 0.6) is 5.75 Å². The van der Waals surface area contributed by atoms with Crippen LogP contribution in [0.2, 0.25) is 0 Å². The molecule has 0 spiro atoms. The molecule has 2 aromatic carbocycles. The molecule has 3 heterocycles. The standard InChI is InChI=1S/C33H37F6N5O3S/c1-42(2)20-30(45)44-11-8-21(9-12-44)41-25-6-3-5-22-23(19-33(37,38)39)29(48-31(22)25)7-4-10-40-26-17-24(34)27(18-28(26)47-32(35)36)43-13-15-46-16-14-43/h3,5-6,17-18,21,32,40-41H,8-16,19-20H2,1-2H3. The number of fused-ring (bicyclic) bond motifs is 1. The summed E-state index contributed by atoms with van der Waals surface area (Å²) in [4.78, 5) is 18.0. The number of nitrogens with zero attached hydrogens (tertiary/aromatic N) is 3. The van der Waals surface area contributed by atoms with Crippen LogP contribution in [0.1, 0.15) is 23.3 Å². The molecule has 8 nitrogen and oxygen atoms in total. The molecule has 2 saturated heterocycles. The molecule has 0 aliphatic carbocycles. The van der Waals surface area contributed by atoms with Crippen molar-refractivity contribution in [2.24, 2.45) is 0 Å². The fourth-order valence-electron chi connectivity index (χ4n) is 5.81. The Kier molecular flexibility index (Phi) is 11.5. The summed E-state index contributed by atoms with van der Waals surface area (Å²) in [7, 11) is 3.67. The molecular weight excluding hydrogens is 660 g/mol. The van der Waals surface area contributed by atoms with Crippen molar-refractivity contribution >= 4 is 44.4 Å². The van der Waals surface area contributed by atoms with Crippen molar-refractivity contribution in [2.75, 3.05) is 82.1 Å². The Balaban J connectivity index is 1.34. The Labute approximate surface area is 278 Å². The van der Waals surface area contributed by atoms with Gasteiger partial charge in [-0.25, -0.2) is 4.39 Å². The predicted molar refractivity (Wildman–Crippen MR) is 175 cm³/mol. The zero-order valence-electron chi connectivity index (χ0n) is 26.6. The van der Waals surface area contributed by atoms with Gasteiger partial charge in [0.15, 0.2) is 5.75 Å². The number of amides is 1. The van der Waals surface area contributed by atoms with Crippen LogP contribution in [0.4, 0.5) is 43.4 Å². The zero-order chi connectivity index (χ0) is 34.4. The number of rotatable bonds is 10. The molecule has 48 heavy (non-hydrogen) atoms. The van der Waals surface area contributed by atoms with Gasteiger partial charge in [0.1, 0.15) is 5.82 Å². The minimum atomic E-state index is -4.49. The summed E-state index contributed by atoms with van der Waals surface area (Å²) in [6.45, 7) is -0.350. The van der Waals surface area contributed by atoms with Crippen molar-refractivity contribution in [2.45, 2.75) is 38.1 Å². The molecule has 5 rings (SSSR count). The van der Waals surface area contributed by atoms with Gasteiger partial charge in [0.2, 0.25) is 5.91 Å². The van der Waals surface area contributed by atoms with Crippen molar-refractivity contribution in [1.29, 1.82) is 0 Å². The quantitative estimate of drug-likeness (QED) is 0.199. The molecule has 15 heteroatoms. The fourth-order valence-corrected chi connectivity index (χ4v) is 6.98. The summed E-state index contributed by atoms with van der Waals surface area (Å²) < 4.78 is 93.2. The van der Waals surface area contributed by atoms with Gasteiger partial charge in [-0.05, 0) is 44.0 Å². The number of likely N-dealkylation sites (tertiary alicyclic amines) is 1. The molecule has 0 atom stereocenters. The van der Waals surface area contributed by atoms with Crippen molar-refractivity contribution in [1.82, 2.24) is 9.80 Å². The van der Waals surface area contributed by atoms with Gasteiger partial charge in [-0.3, -0.25) is 4.79 Å². The van der Waals surface area contributed by atoms with Crippen LogP contribution >= 0.6 is 11.3 Å². The van der Waals surface area contributed by atoms with E-state index in [1.54, 1.807) is 17.0 Å². The van der Waals surface area contributed by atoms with Gasteiger partial charge < -0.3 is 34.8 Å². The maximum atomic E-state index is 15.0. The van der Waals surface area contributed by atoms with Gasteiger partial charge in [0, 0.05) is 44.4 Å². The molecule has 0 saturated carbocycles. The van der Waals surface area contributed by atoms with Crippen molar-refractivity contribution in [3.8, 4) is 17.6 Å². The van der Waals surface area contributed by atoms with Gasteiger partial charge >= 0.3 is 12.8 Å². The number of morpholine rings is 1. The first kappa shape index (κ1) is 35.4. The number of thiophene rings is 1. The molecule has 2 N–H and O–H groups in total. The van der Waals surface area contributed by atoms with Crippen molar-refractivity contribution in [3.63, 3.8) is 0 Å². The topological polar surface area (TPSA) is 69.3 Å². The maximum Gasteiger partial charge on any atom is 0.393 e. The van der Waals surface area contributed by atoms with Gasteiger partial charge in [-0.2, -0.15) is 22.0 Å². The lowest BCUT2D eigenvalue weighted by molar-refractivity contribution is -0.132. The average molecular weight is 698 g/mol. The second-order valence-electron chi connectivity index (χ2n) is 11.9. The van der Waals surface area contributed by atoms with Crippen molar-refractivity contribution in [3.05, 3.63) is 46.6 Å². The fraction of sp³-hybridized carbons (Fsp3) is 0.485. The predicted octanol–water partition coefficient (Wildman–Crippen LogP) is 6.01. The third-order valence-electron chi connectivity index (χ3n) is 8.04. The number of carbonyl (C=O) groups excluding carboxylic acids is 1. The van der Waals surface area contributed by atoms with Gasteiger partial charge in [-0.15, -0.1) is 11.3 Å². The Morgan fingerprint density at radius 2 is 1.85 bits per heavy atom. The van der Waals surface area contributed by atoms with Crippen LogP contribution in [-0.4, -0.2) is 101 Å². The molecular formula is C33H37F6N5O3S. The first-order valence-electron chi connectivity index (χ1n) is 15.5. The van der Waals surface area contributed by atoms with Crippen LogP contribution in [0.3, 0.4) is 0 Å². The number of alkyl halides is 5. The smallest absolute Gasteiger partial charge is 0.393 e. The Hall–Kier alpha value is -3.87. The summed E-state index contributed by atoms with van der Waals surface area (Å²) in [6.07, 6.45) is -4.28. The van der Waals surface area contributed by atoms with E-state index < -0.39 is 25.0 Å². The molecule has 2 aliphatic rings. The summed E-state index contributed by atoms with van der Waals surface area (Å²) in [5, 5.41) is 6.68. The van der Waals surface area contributed by atoms with E-state index in [1.807, 2.05) is 30.0 Å². The number of anilines is 3. The van der Waals surface area contributed by atoms with Gasteiger partial charge in [0.25, 0.3) is 0 Å². The highest BCUT2D eigenvalue weighted by Crippen LogP contribution is 2.40. The average Bonchev–Trinajstić information content (AvgIpc) is 3.37. The van der Waals surface area contributed by atoms with Crippen LogP contribution in [-0.2, 0) is 16.0 Å². The van der Waals surface area contributed by atoms with Crippen LogP contribution in [0.25, 0.3) is 10.1 Å². The van der Waals surface area contributed by atoms with E-state index in [0.717, 1.165) is 17.4 Å². The highest BCUT2D eigenvalue weighted by atomic mass is 32.1. The molecule has 260 valence electrons. The zero-order valence-corrected chi connectivity index (χ0v) is 27.4. The number of likely N-dealkylation sites (N-methyl/N-ethyl adjacent to an activating group) is 1. The van der Waals surface area contributed by atoms with E-state index in [4.69, 9.17) is 4.74 Å². The van der Waals surface area contributed by atoms with E-state index in [1.165, 1.54) is 6.07 Å². The minimum Gasteiger partial charge on any atom is -0.433 e. The third-order valence-corrected chi connectivity index (χ3v) is 9.24. The number of halogens is 6. The molecule has 3 aromatic rings. The third kappa shape index (κ3) is 9.18. The number of piperidine rings is 1. The summed E-state index contributed by atoms with van der Waals surface area (Å²) in [5.41, 5.74) is 0.771. The summed E-state index contributed by atoms with van der Waals surface area (Å²) >= 11 is 1.14. The Bertz CT molecular complexity index is 1640. The van der Waals surface area contributed by atoms with Gasteiger partial charge in [0.05, 0.1) is 59.4 Å². The monoisotopic (exact) mass is 697 g/mol. The van der Waals surface area contributed by atoms with Crippen molar-refractivity contribution < 1.29 is 40.6 Å². The second-order valence-corrected chi connectivity index (χ2v) is 12.9. The SMILES string of the molecule is CN(C)CC(=O)N1CCC(Nc2cccc3c(CC(F)(F)F)c(C#CCNc4cc(F)c(N5CCOCC5)cc4OC(F)F)sc23)CC1. The maximum absolute atomic E-state index is 15.0. The highest BCUT2D eigenvalue weighted by Gasteiger charge is 2.31. The molecule has 2 aliphatic heterocycles. The Morgan fingerprint density at radius 1 is 1.12 bits per heavy atom. The van der Waals surface area contributed by atoms with Crippen LogP contribution in [0.15, 0.2) is 30.3 Å². The lowest BCUT2D eigenvalue weighted by Crippen LogP contribution is -2.45.